The predicted octanol–water partition coefficient (Wildman–Crippen LogP) is 4.30. The van der Waals surface area contributed by atoms with Gasteiger partial charge in [0.25, 0.3) is 5.56 Å². The summed E-state index contributed by atoms with van der Waals surface area (Å²) in [4.78, 5) is 33.2. The van der Waals surface area contributed by atoms with E-state index in [2.05, 4.69) is 30.2 Å². The van der Waals surface area contributed by atoms with Crippen molar-refractivity contribution < 1.29 is 13.2 Å². The van der Waals surface area contributed by atoms with Crippen LogP contribution in [-0.4, -0.2) is 29.5 Å². The Labute approximate surface area is 188 Å². The van der Waals surface area contributed by atoms with Crippen LogP contribution in [0.3, 0.4) is 0 Å². The zero-order valence-corrected chi connectivity index (χ0v) is 17.5. The standard InChI is InChI=1S/C21H13ClF3N7O/c1-9(30-19-17-18(27-7-26-17)28-8-29-19)20-31-14-3-2-13(25)16(22)15(14)21(33)32(20)12-5-10(23)4-11(24)6-12/h2-9H,1H3,(H2,26,27,28,29,30). The highest BCUT2D eigenvalue weighted by Gasteiger charge is 2.22. The second-order valence-corrected chi connectivity index (χ2v) is 7.56. The van der Waals surface area contributed by atoms with Gasteiger partial charge in [0, 0.05) is 6.07 Å². The molecule has 0 amide bonds. The topological polar surface area (TPSA) is 101 Å². The van der Waals surface area contributed by atoms with E-state index in [1.54, 1.807) is 6.92 Å². The first-order chi connectivity index (χ1) is 15.8. The Morgan fingerprint density at radius 1 is 1.09 bits per heavy atom. The summed E-state index contributed by atoms with van der Waals surface area (Å²) in [5.41, 5.74) is 0.129. The molecule has 166 valence electrons. The molecule has 3 heterocycles. The van der Waals surface area contributed by atoms with E-state index < -0.39 is 34.1 Å². The summed E-state index contributed by atoms with van der Waals surface area (Å²) < 4.78 is 43.1. The Morgan fingerprint density at radius 2 is 1.85 bits per heavy atom. The van der Waals surface area contributed by atoms with Gasteiger partial charge in [0.2, 0.25) is 0 Å². The molecule has 0 aliphatic carbocycles. The molecule has 0 saturated carbocycles. The highest BCUT2D eigenvalue weighted by atomic mass is 35.5. The third-order valence-corrected chi connectivity index (χ3v) is 5.39. The van der Waals surface area contributed by atoms with E-state index in [0.29, 0.717) is 23.0 Å². The molecule has 1 unspecified atom stereocenters. The van der Waals surface area contributed by atoms with E-state index in [1.807, 2.05) is 0 Å². The van der Waals surface area contributed by atoms with Gasteiger partial charge in [-0.3, -0.25) is 9.36 Å². The van der Waals surface area contributed by atoms with Crippen LogP contribution >= 0.6 is 11.6 Å². The number of fused-ring (bicyclic) bond motifs is 2. The molecule has 5 aromatic rings. The molecule has 5 rings (SSSR count). The first kappa shape index (κ1) is 20.9. The van der Waals surface area contributed by atoms with Crippen LogP contribution in [0.25, 0.3) is 27.8 Å². The maximum Gasteiger partial charge on any atom is 0.267 e. The number of nitrogens with one attached hydrogen (secondary N) is 2. The maximum absolute atomic E-state index is 14.1. The summed E-state index contributed by atoms with van der Waals surface area (Å²) in [6.07, 6.45) is 2.77. The first-order valence-corrected chi connectivity index (χ1v) is 9.99. The zero-order valence-electron chi connectivity index (χ0n) is 16.8. The van der Waals surface area contributed by atoms with E-state index in [4.69, 9.17) is 11.6 Å². The van der Waals surface area contributed by atoms with Crippen molar-refractivity contribution in [3.63, 3.8) is 0 Å². The minimum Gasteiger partial charge on any atom is -0.358 e. The average Bonchev–Trinajstić information content (AvgIpc) is 3.25. The van der Waals surface area contributed by atoms with Crippen molar-refractivity contribution in [3.8, 4) is 5.69 Å². The SMILES string of the molecule is CC(Nc1ncnc2[nH]cnc12)c1nc2ccc(F)c(Cl)c2c(=O)n1-c1cc(F)cc(F)c1. The van der Waals surface area contributed by atoms with Gasteiger partial charge in [-0.1, -0.05) is 11.6 Å². The maximum atomic E-state index is 14.1. The number of aromatic nitrogens is 6. The summed E-state index contributed by atoms with van der Waals surface area (Å²) in [7, 11) is 0. The number of nitrogens with zero attached hydrogens (tertiary/aromatic N) is 5. The van der Waals surface area contributed by atoms with Crippen LogP contribution in [0.4, 0.5) is 19.0 Å². The Balaban J connectivity index is 1.75. The summed E-state index contributed by atoms with van der Waals surface area (Å²) in [6.45, 7) is 1.67. The second kappa shape index (κ2) is 7.85. The number of H-pyrrole nitrogens is 1. The number of halogens is 4. The van der Waals surface area contributed by atoms with Gasteiger partial charge in [-0.05, 0) is 31.2 Å². The Bertz CT molecular complexity index is 1580. The van der Waals surface area contributed by atoms with Crippen molar-refractivity contribution in [1.29, 1.82) is 0 Å². The summed E-state index contributed by atoms with van der Waals surface area (Å²) in [5, 5.41) is 2.45. The van der Waals surface area contributed by atoms with Crippen LogP contribution in [0, 0.1) is 17.5 Å². The van der Waals surface area contributed by atoms with Crippen molar-refractivity contribution in [1.82, 2.24) is 29.5 Å². The lowest BCUT2D eigenvalue weighted by molar-refractivity contribution is 0.579. The Hall–Kier alpha value is -3.99. The fraction of sp³-hybridized carbons (Fsp3) is 0.0952. The van der Waals surface area contributed by atoms with E-state index in [1.165, 1.54) is 18.7 Å². The molecule has 0 bridgehead atoms. The fourth-order valence-electron chi connectivity index (χ4n) is 3.57. The molecule has 2 N–H and O–H groups in total. The molecular weight excluding hydrogens is 459 g/mol. The van der Waals surface area contributed by atoms with Gasteiger partial charge in [0.1, 0.15) is 35.1 Å². The van der Waals surface area contributed by atoms with Crippen molar-refractivity contribution >= 4 is 39.5 Å². The fourth-order valence-corrected chi connectivity index (χ4v) is 3.82. The van der Waals surface area contributed by atoms with E-state index in [0.717, 1.165) is 22.8 Å². The Morgan fingerprint density at radius 3 is 2.61 bits per heavy atom. The summed E-state index contributed by atoms with van der Waals surface area (Å²) in [5.74, 6) is -2.19. The molecule has 33 heavy (non-hydrogen) atoms. The third kappa shape index (κ3) is 3.55. The smallest absolute Gasteiger partial charge is 0.267 e. The van der Waals surface area contributed by atoms with Crippen LogP contribution in [0.15, 0.2) is 47.8 Å². The molecule has 8 nitrogen and oxygen atoms in total. The van der Waals surface area contributed by atoms with Crippen molar-refractivity contribution in [3.05, 3.63) is 81.6 Å². The van der Waals surface area contributed by atoms with Gasteiger partial charge >= 0.3 is 0 Å². The minimum atomic E-state index is -0.900. The van der Waals surface area contributed by atoms with Crippen molar-refractivity contribution in [2.45, 2.75) is 13.0 Å². The molecule has 1 atom stereocenters. The monoisotopic (exact) mass is 471 g/mol. The lowest BCUT2D eigenvalue weighted by Gasteiger charge is -2.20. The second-order valence-electron chi connectivity index (χ2n) is 7.18. The van der Waals surface area contributed by atoms with Gasteiger partial charge in [-0.15, -0.1) is 0 Å². The third-order valence-electron chi connectivity index (χ3n) is 5.02. The number of rotatable bonds is 4. The number of anilines is 1. The van der Waals surface area contributed by atoms with E-state index >= 15 is 0 Å². The zero-order chi connectivity index (χ0) is 23.3. The van der Waals surface area contributed by atoms with Crippen LogP contribution in [0.1, 0.15) is 18.8 Å². The summed E-state index contributed by atoms with van der Waals surface area (Å²) in [6, 6.07) is 4.29. The molecule has 0 saturated heterocycles. The largest absolute Gasteiger partial charge is 0.358 e. The van der Waals surface area contributed by atoms with Gasteiger partial charge in [-0.25, -0.2) is 33.1 Å². The van der Waals surface area contributed by atoms with E-state index in [9.17, 15) is 18.0 Å². The van der Waals surface area contributed by atoms with Crippen LogP contribution in [0.2, 0.25) is 5.02 Å². The summed E-state index contributed by atoms with van der Waals surface area (Å²) >= 11 is 6.05. The molecule has 0 radical (unpaired) electrons. The van der Waals surface area contributed by atoms with Crippen LogP contribution in [0.5, 0.6) is 0 Å². The number of imidazole rings is 1. The molecular formula is C21H13ClF3N7O. The number of hydrogen-bond acceptors (Lipinski definition) is 6. The highest BCUT2D eigenvalue weighted by Crippen LogP contribution is 2.27. The Kier molecular flexibility index (Phi) is 4.97. The number of aromatic amines is 1. The average molecular weight is 472 g/mol. The highest BCUT2D eigenvalue weighted by molar-refractivity contribution is 6.35. The first-order valence-electron chi connectivity index (χ1n) is 9.61. The van der Waals surface area contributed by atoms with Gasteiger partial charge in [0.15, 0.2) is 11.5 Å². The normalized spacial score (nSPS) is 12.4. The van der Waals surface area contributed by atoms with Crippen LogP contribution in [-0.2, 0) is 0 Å². The predicted molar refractivity (Wildman–Crippen MR) is 116 cm³/mol. The van der Waals surface area contributed by atoms with Gasteiger partial charge < -0.3 is 10.3 Å². The molecule has 12 heteroatoms. The quantitative estimate of drug-likeness (QED) is 0.405. The van der Waals surface area contributed by atoms with E-state index in [-0.39, 0.29) is 22.4 Å². The minimum absolute atomic E-state index is 0.0856. The van der Waals surface area contributed by atoms with Gasteiger partial charge in [0.05, 0.1) is 34.0 Å². The van der Waals surface area contributed by atoms with Gasteiger partial charge in [-0.2, -0.15) is 0 Å². The lowest BCUT2D eigenvalue weighted by atomic mass is 10.2. The molecule has 0 aliphatic rings. The number of benzene rings is 2. The van der Waals surface area contributed by atoms with Crippen LogP contribution < -0.4 is 10.9 Å². The molecule has 0 aliphatic heterocycles. The molecule has 0 spiro atoms. The lowest BCUT2D eigenvalue weighted by Crippen LogP contribution is -2.28. The molecule has 2 aromatic carbocycles. The molecule has 0 fully saturated rings. The molecule has 3 aromatic heterocycles. The van der Waals surface area contributed by atoms with Crippen molar-refractivity contribution in [2.75, 3.05) is 5.32 Å². The van der Waals surface area contributed by atoms with Crippen molar-refractivity contribution in [2.24, 2.45) is 0 Å². The number of hydrogen-bond donors (Lipinski definition) is 2.